The van der Waals surface area contributed by atoms with E-state index < -0.39 is 5.97 Å². The topological polar surface area (TPSA) is 75.7 Å². The predicted molar refractivity (Wildman–Crippen MR) is 115 cm³/mol. The molecular weight excluding hydrogens is 456 g/mol. The van der Waals surface area contributed by atoms with Crippen LogP contribution in [-0.4, -0.2) is 36.3 Å². The van der Waals surface area contributed by atoms with Gasteiger partial charge in [-0.1, -0.05) is 18.2 Å². The van der Waals surface area contributed by atoms with Crippen LogP contribution in [0, 0.1) is 0 Å². The summed E-state index contributed by atoms with van der Waals surface area (Å²) >= 11 is 4.61. The van der Waals surface area contributed by atoms with E-state index >= 15 is 0 Å². The number of nitrogens with one attached hydrogen (secondary N) is 1. The lowest BCUT2D eigenvalue weighted by atomic mass is 10.2. The van der Waals surface area contributed by atoms with Crippen molar-refractivity contribution in [3.8, 4) is 5.75 Å². The molecule has 6 nitrogen and oxygen atoms in total. The Labute approximate surface area is 180 Å². The molecule has 2 aromatic carbocycles. The van der Waals surface area contributed by atoms with Crippen molar-refractivity contribution in [2.45, 2.75) is 0 Å². The van der Waals surface area contributed by atoms with Crippen LogP contribution >= 0.6 is 27.3 Å². The van der Waals surface area contributed by atoms with Gasteiger partial charge in [-0.2, -0.15) is 0 Å². The van der Waals surface area contributed by atoms with Crippen LogP contribution in [0.15, 0.2) is 70.5 Å². The van der Waals surface area contributed by atoms with E-state index in [2.05, 4.69) is 21.2 Å². The third-order valence-corrected chi connectivity index (χ3v) is 5.49. The SMILES string of the molecule is CN(CC(=O)Oc1ccc(NC(=O)c2ccccc2)cc1)C(=O)c1ccc(Br)s1. The highest BCUT2D eigenvalue weighted by atomic mass is 79.9. The van der Waals surface area contributed by atoms with Gasteiger partial charge in [0, 0.05) is 18.3 Å². The fourth-order valence-corrected chi connectivity index (χ4v) is 3.83. The molecule has 8 heteroatoms. The lowest BCUT2D eigenvalue weighted by molar-refractivity contribution is -0.134. The molecule has 3 aromatic rings. The fraction of sp³-hybridized carbons (Fsp3) is 0.0952. The van der Waals surface area contributed by atoms with E-state index in [0.29, 0.717) is 21.9 Å². The summed E-state index contributed by atoms with van der Waals surface area (Å²) in [6.45, 7) is -0.180. The summed E-state index contributed by atoms with van der Waals surface area (Å²) < 4.78 is 6.11. The highest BCUT2D eigenvalue weighted by Gasteiger charge is 2.18. The summed E-state index contributed by atoms with van der Waals surface area (Å²) in [5.41, 5.74) is 1.13. The molecule has 0 aliphatic heterocycles. The molecule has 1 aromatic heterocycles. The smallest absolute Gasteiger partial charge is 0.331 e. The van der Waals surface area contributed by atoms with Gasteiger partial charge in [0.2, 0.25) is 0 Å². The van der Waals surface area contributed by atoms with Crippen LogP contribution in [0.2, 0.25) is 0 Å². The zero-order chi connectivity index (χ0) is 20.8. The van der Waals surface area contributed by atoms with Crippen molar-refractivity contribution in [1.29, 1.82) is 0 Å². The first kappa shape index (κ1) is 20.8. The first-order valence-electron chi connectivity index (χ1n) is 8.60. The Morgan fingerprint density at radius 1 is 1.00 bits per heavy atom. The van der Waals surface area contributed by atoms with Gasteiger partial charge in [-0.05, 0) is 64.5 Å². The zero-order valence-electron chi connectivity index (χ0n) is 15.4. The summed E-state index contributed by atoms with van der Waals surface area (Å²) in [5, 5.41) is 2.77. The van der Waals surface area contributed by atoms with Gasteiger partial charge in [-0.3, -0.25) is 9.59 Å². The third kappa shape index (κ3) is 5.75. The quantitative estimate of drug-likeness (QED) is 0.424. The maximum absolute atomic E-state index is 12.3. The van der Waals surface area contributed by atoms with E-state index in [9.17, 15) is 14.4 Å². The van der Waals surface area contributed by atoms with Crippen LogP contribution in [-0.2, 0) is 4.79 Å². The summed E-state index contributed by atoms with van der Waals surface area (Å²) in [6, 6.07) is 18.8. The molecule has 0 atom stereocenters. The fourth-order valence-electron chi connectivity index (χ4n) is 2.45. The number of hydrogen-bond donors (Lipinski definition) is 1. The van der Waals surface area contributed by atoms with Gasteiger partial charge >= 0.3 is 5.97 Å². The molecule has 0 aliphatic carbocycles. The molecule has 0 fully saturated rings. The highest BCUT2D eigenvalue weighted by molar-refractivity contribution is 9.11. The number of carbonyl (C=O) groups excluding carboxylic acids is 3. The van der Waals surface area contributed by atoms with Crippen molar-refractivity contribution in [1.82, 2.24) is 4.90 Å². The number of anilines is 1. The first-order valence-corrected chi connectivity index (χ1v) is 10.2. The molecule has 0 saturated carbocycles. The summed E-state index contributed by atoms with van der Waals surface area (Å²) in [7, 11) is 1.54. The van der Waals surface area contributed by atoms with E-state index in [1.165, 1.54) is 16.2 Å². The highest BCUT2D eigenvalue weighted by Crippen LogP contribution is 2.23. The van der Waals surface area contributed by atoms with E-state index in [1.807, 2.05) is 6.07 Å². The molecule has 29 heavy (non-hydrogen) atoms. The number of ether oxygens (including phenoxy) is 1. The molecule has 0 saturated heterocycles. The van der Waals surface area contributed by atoms with Crippen LogP contribution in [0.5, 0.6) is 5.75 Å². The third-order valence-electron chi connectivity index (χ3n) is 3.88. The van der Waals surface area contributed by atoms with Crippen LogP contribution in [0.1, 0.15) is 20.0 Å². The van der Waals surface area contributed by atoms with E-state index in [0.717, 1.165) is 3.79 Å². The van der Waals surface area contributed by atoms with Gasteiger partial charge in [0.25, 0.3) is 11.8 Å². The molecule has 0 aliphatic rings. The number of likely N-dealkylation sites (N-methyl/N-ethyl adjacent to an activating group) is 1. The van der Waals surface area contributed by atoms with Gasteiger partial charge in [0.1, 0.15) is 12.3 Å². The minimum Gasteiger partial charge on any atom is -0.425 e. The summed E-state index contributed by atoms with van der Waals surface area (Å²) in [6.07, 6.45) is 0. The zero-order valence-corrected chi connectivity index (χ0v) is 17.8. The Balaban J connectivity index is 1.53. The van der Waals surface area contributed by atoms with Gasteiger partial charge in [-0.15, -0.1) is 11.3 Å². The Hall–Kier alpha value is -2.97. The largest absolute Gasteiger partial charge is 0.425 e. The van der Waals surface area contributed by atoms with Crippen molar-refractivity contribution in [3.63, 3.8) is 0 Å². The van der Waals surface area contributed by atoms with Gasteiger partial charge in [0.05, 0.1) is 8.66 Å². The van der Waals surface area contributed by atoms with Crippen molar-refractivity contribution in [2.24, 2.45) is 0 Å². The number of thiophene rings is 1. The Morgan fingerprint density at radius 3 is 2.31 bits per heavy atom. The molecule has 1 N–H and O–H groups in total. The van der Waals surface area contributed by atoms with Crippen LogP contribution in [0.4, 0.5) is 5.69 Å². The molecule has 0 unspecified atom stereocenters. The molecule has 0 spiro atoms. The van der Waals surface area contributed by atoms with Gasteiger partial charge in [-0.25, -0.2) is 4.79 Å². The standard InChI is InChI=1S/C21H17BrN2O4S/c1-24(21(27)17-11-12-18(22)29-17)13-19(25)28-16-9-7-15(8-10-16)23-20(26)14-5-3-2-4-6-14/h2-12H,13H2,1H3,(H,23,26). The van der Waals surface area contributed by atoms with Crippen molar-refractivity contribution in [2.75, 3.05) is 18.9 Å². The second-order valence-electron chi connectivity index (χ2n) is 6.08. The number of amides is 2. The second-order valence-corrected chi connectivity index (χ2v) is 8.55. The molecule has 2 amide bonds. The molecule has 148 valence electrons. The second kappa shape index (κ2) is 9.49. The number of esters is 1. The van der Waals surface area contributed by atoms with Gasteiger partial charge < -0.3 is 15.0 Å². The van der Waals surface area contributed by atoms with Crippen LogP contribution in [0.25, 0.3) is 0 Å². The number of hydrogen-bond acceptors (Lipinski definition) is 5. The number of rotatable bonds is 6. The Kier molecular flexibility index (Phi) is 6.79. The monoisotopic (exact) mass is 472 g/mol. The Morgan fingerprint density at radius 2 is 1.69 bits per heavy atom. The van der Waals surface area contributed by atoms with E-state index in [4.69, 9.17) is 4.74 Å². The van der Waals surface area contributed by atoms with E-state index in [-0.39, 0.29) is 18.4 Å². The molecule has 3 rings (SSSR count). The van der Waals surface area contributed by atoms with Crippen molar-refractivity contribution in [3.05, 3.63) is 81.0 Å². The lowest BCUT2D eigenvalue weighted by Gasteiger charge is -2.15. The molecule has 0 radical (unpaired) electrons. The molecule has 0 bridgehead atoms. The molecular formula is C21H17BrN2O4S. The van der Waals surface area contributed by atoms with E-state index in [1.54, 1.807) is 67.7 Å². The Bertz CT molecular complexity index is 1020. The summed E-state index contributed by atoms with van der Waals surface area (Å²) in [5.74, 6) is -0.711. The van der Waals surface area contributed by atoms with Crippen molar-refractivity contribution < 1.29 is 19.1 Å². The number of halogens is 1. The molecule has 1 heterocycles. The predicted octanol–water partition coefficient (Wildman–Crippen LogP) is 4.44. The van der Waals surface area contributed by atoms with Crippen LogP contribution < -0.4 is 10.1 Å². The minimum absolute atomic E-state index is 0.180. The average Bonchev–Trinajstić information content (AvgIpc) is 3.15. The first-order chi connectivity index (χ1) is 13.9. The van der Waals surface area contributed by atoms with Gasteiger partial charge in [0.15, 0.2) is 0 Å². The lowest BCUT2D eigenvalue weighted by Crippen LogP contribution is -2.33. The maximum atomic E-state index is 12.3. The number of nitrogens with zero attached hydrogens (tertiary/aromatic N) is 1. The maximum Gasteiger partial charge on any atom is 0.331 e. The normalized spacial score (nSPS) is 10.3. The number of carbonyl (C=O) groups is 3. The average molecular weight is 473 g/mol. The van der Waals surface area contributed by atoms with Crippen molar-refractivity contribution >= 4 is 50.7 Å². The minimum atomic E-state index is -0.558. The van der Waals surface area contributed by atoms with Crippen LogP contribution in [0.3, 0.4) is 0 Å². The summed E-state index contributed by atoms with van der Waals surface area (Å²) in [4.78, 5) is 38.4. The number of benzene rings is 2.